The number of fused-ring (bicyclic) bond motifs is 5. The summed E-state index contributed by atoms with van der Waals surface area (Å²) < 4.78 is 6.48. The van der Waals surface area contributed by atoms with Crippen LogP contribution in [0, 0.1) is 11.6 Å². The van der Waals surface area contributed by atoms with Gasteiger partial charge in [-0.3, -0.25) is 13.6 Å². The van der Waals surface area contributed by atoms with Crippen molar-refractivity contribution in [3.63, 3.8) is 0 Å². The van der Waals surface area contributed by atoms with E-state index >= 15 is 0 Å². The fourth-order valence-corrected chi connectivity index (χ4v) is 3.50. The lowest BCUT2D eigenvalue weighted by atomic mass is 10.2. The van der Waals surface area contributed by atoms with Crippen molar-refractivity contribution < 1.29 is 0 Å². The van der Waals surface area contributed by atoms with Gasteiger partial charge in [-0.05, 0) is 37.3 Å². The lowest BCUT2D eigenvalue weighted by molar-refractivity contribution is 1.08. The molecule has 0 saturated carbocycles. The summed E-state index contributed by atoms with van der Waals surface area (Å²) in [5.41, 5.74) is 4.25. The van der Waals surface area contributed by atoms with Crippen LogP contribution in [0.25, 0.3) is 28.0 Å². The van der Waals surface area contributed by atoms with Gasteiger partial charge >= 0.3 is 0 Å². The molecule has 0 saturated heterocycles. The van der Waals surface area contributed by atoms with E-state index in [2.05, 4.69) is 6.07 Å². The van der Waals surface area contributed by atoms with E-state index in [9.17, 15) is 4.79 Å². The number of nitrogens with zero attached hydrogens (tertiary/aromatic N) is 4. The maximum Gasteiger partial charge on any atom is 0.220 e. The average molecular weight is 332 g/mol. The van der Waals surface area contributed by atoms with Crippen LogP contribution in [-0.4, -0.2) is 18.4 Å². The first-order chi connectivity index (χ1) is 11.6. The minimum Gasteiger partial charge on any atom is -0.324 e. The van der Waals surface area contributed by atoms with Crippen molar-refractivity contribution in [3.05, 3.63) is 75.4 Å². The fraction of sp³-hybridized carbons (Fsp3) is 0.0556. The minimum atomic E-state index is -0.00770. The normalized spacial score (nSPS) is 11.9. The van der Waals surface area contributed by atoms with Crippen LogP contribution in [0.5, 0.6) is 0 Å². The molecule has 5 aromatic rings. The van der Waals surface area contributed by atoms with E-state index in [0.29, 0.717) is 10.2 Å². The third-order valence-electron chi connectivity index (χ3n) is 4.40. The molecule has 116 valence electrons. The topological polar surface area (TPSA) is 43.7 Å². The molecule has 24 heavy (non-hydrogen) atoms. The molecule has 0 aliphatic rings. The molecule has 0 spiro atoms. The van der Waals surface area contributed by atoms with E-state index in [1.54, 1.807) is 13.0 Å². The third kappa shape index (κ3) is 1.66. The Labute approximate surface area is 141 Å². The first-order valence-corrected chi connectivity index (χ1v) is 7.98. The van der Waals surface area contributed by atoms with Gasteiger partial charge in [0, 0.05) is 35.9 Å². The Morgan fingerprint density at radius 2 is 1.88 bits per heavy atom. The molecular weight excluding hydrogens is 320 g/mol. The fourth-order valence-electron chi connectivity index (χ4n) is 3.16. The predicted octanol–water partition coefficient (Wildman–Crippen LogP) is 3.37. The summed E-state index contributed by atoms with van der Waals surface area (Å²) in [6, 6.07) is 11.7. The Morgan fingerprint density at radius 3 is 2.67 bits per heavy atom. The number of pyridine rings is 1. The summed E-state index contributed by atoms with van der Waals surface area (Å²) in [5, 5.41) is 0. The standard InChI is InChI=1S/C18H12N4OS/c1-11-10-21-15(9-16(11)23)17(24)22-14-8-12(20-6-2-3-7-20)4-5-13(14)19-18(21)22/h2-10H,1H3. The number of imidazole rings is 2. The molecule has 0 fully saturated rings. The number of rotatable bonds is 1. The highest BCUT2D eigenvalue weighted by Gasteiger charge is 2.14. The second-order valence-corrected chi connectivity index (χ2v) is 6.28. The van der Waals surface area contributed by atoms with Gasteiger partial charge in [0.25, 0.3) is 0 Å². The smallest absolute Gasteiger partial charge is 0.220 e. The SMILES string of the molecule is Cc1cn2c(cc1=O)c(=S)n1c3cc(-n4cccc4)ccc3nc21. The summed E-state index contributed by atoms with van der Waals surface area (Å²) >= 11 is 5.61. The van der Waals surface area contributed by atoms with Crippen LogP contribution >= 0.6 is 12.2 Å². The van der Waals surface area contributed by atoms with E-state index in [1.165, 1.54) is 0 Å². The Morgan fingerprint density at radius 1 is 1.08 bits per heavy atom. The highest BCUT2D eigenvalue weighted by molar-refractivity contribution is 7.71. The van der Waals surface area contributed by atoms with Crippen LogP contribution in [0.15, 0.2) is 59.8 Å². The number of benzene rings is 1. The Kier molecular flexibility index (Phi) is 2.53. The van der Waals surface area contributed by atoms with E-state index in [4.69, 9.17) is 17.2 Å². The predicted molar refractivity (Wildman–Crippen MR) is 96.0 cm³/mol. The summed E-state index contributed by atoms with van der Waals surface area (Å²) in [4.78, 5) is 16.7. The second-order valence-electron chi connectivity index (χ2n) is 5.89. The van der Waals surface area contributed by atoms with Gasteiger partial charge < -0.3 is 4.57 Å². The molecule has 4 heterocycles. The zero-order valence-electron chi connectivity index (χ0n) is 12.8. The molecule has 5 nitrogen and oxygen atoms in total. The van der Waals surface area contributed by atoms with Crippen LogP contribution in [0.4, 0.5) is 0 Å². The summed E-state index contributed by atoms with van der Waals surface area (Å²) in [7, 11) is 0. The first-order valence-electron chi connectivity index (χ1n) is 7.58. The number of hydrogen-bond acceptors (Lipinski definition) is 3. The molecule has 0 unspecified atom stereocenters. The van der Waals surface area contributed by atoms with Crippen molar-refractivity contribution in [3.8, 4) is 5.69 Å². The van der Waals surface area contributed by atoms with Crippen molar-refractivity contribution in [2.24, 2.45) is 0 Å². The largest absolute Gasteiger partial charge is 0.324 e. The van der Waals surface area contributed by atoms with Crippen LogP contribution in [0.1, 0.15) is 5.56 Å². The Bertz CT molecular complexity index is 1350. The third-order valence-corrected chi connectivity index (χ3v) is 4.79. The van der Waals surface area contributed by atoms with Crippen molar-refractivity contribution in [1.82, 2.24) is 18.4 Å². The Balaban J connectivity index is 1.96. The molecule has 4 aromatic heterocycles. The van der Waals surface area contributed by atoms with Gasteiger partial charge in [-0.1, -0.05) is 12.2 Å². The van der Waals surface area contributed by atoms with E-state index < -0.39 is 0 Å². The van der Waals surface area contributed by atoms with Gasteiger partial charge in [0.2, 0.25) is 5.78 Å². The highest BCUT2D eigenvalue weighted by Crippen LogP contribution is 2.23. The van der Waals surface area contributed by atoms with Gasteiger partial charge in [-0.15, -0.1) is 0 Å². The quantitative estimate of drug-likeness (QED) is 0.442. The molecule has 0 aliphatic carbocycles. The molecule has 1 aromatic carbocycles. The summed E-state index contributed by atoms with van der Waals surface area (Å²) in [5.74, 6) is 0.734. The summed E-state index contributed by atoms with van der Waals surface area (Å²) in [6.45, 7) is 1.80. The first kappa shape index (κ1) is 13.4. The van der Waals surface area contributed by atoms with Crippen molar-refractivity contribution in [2.45, 2.75) is 6.92 Å². The Hall–Kier alpha value is -2.99. The van der Waals surface area contributed by atoms with Crippen molar-refractivity contribution in [1.29, 1.82) is 0 Å². The van der Waals surface area contributed by atoms with Gasteiger partial charge in [-0.25, -0.2) is 4.98 Å². The molecule has 0 N–H and O–H groups in total. The average Bonchev–Trinajstić information content (AvgIpc) is 3.27. The molecule has 0 atom stereocenters. The molecule has 6 heteroatoms. The molecule has 0 aliphatic heterocycles. The monoisotopic (exact) mass is 332 g/mol. The van der Waals surface area contributed by atoms with Crippen LogP contribution in [0.2, 0.25) is 0 Å². The van der Waals surface area contributed by atoms with Crippen LogP contribution < -0.4 is 5.43 Å². The van der Waals surface area contributed by atoms with Crippen molar-refractivity contribution >= 4 is 34.5 Å². The maximum absolute atomic E-state index is 12.0. The lowest BCUT2D eigenvalue weighted by Crippen LogP contribution is -2.04. The molecule has 0 amide bonds. The zero-order chi connectivity index (χ0) is 16.4. The van der Waals surface area contributed by atoms with Gasteiger partial charge in [0.1, 0.15) is 4.64 Å². The van der Waals surface area contributed by atoms with Crippen LogP contribution in [-0.2, 0) is 0 Å². The molecule has 5 rings (SSSR count). The van der Waals surface area contributed by atoms with Crippen LogP contribution in [0.3, 0.4) is 0 Å². The number of aryl methyl sites for hydroxylation is 1. The second kappa shape index (κ2) is 4.52. The zero-order valence-corrected chi connectivity index (χ0v) is 13.6. The van der Waals surface area contributed by atoms with Gasteiger partial charge in [0.15, 0.2) is 5.43 Å². The highest BCUT2D eigenvalue weighted by atomic mass is 32.1. The number of aromatic nitrogens is 4. The van der Waals surface area contributed by atoms with Gasteiger partial charge in [-0.2, -0.15) is 0 Å². The van der Waals surface area contributed by atoms with Gasteiger partial charge in [0.05, 0.1) is 16.6 Å². The molecule has 0 bridgehead atoms. The van der Waals surface area contributed by atoms with E-state index in [1.807, 2.05) is 56.2 Å². The van der Waals surface area contributed by atoms with E-state index in [-0.39, 0.29) is 5.43 Å². The maximum atomic E-state index is 12.0. The van der Waals surface area contributed by atoms with Crippen molar-refractivity contribution in [2.75, 3.05) is 0 Å². The minimum absolute atomic E-state index is 0.00770. The summed E-state index contributed by atoms with van der Waals surface area (Å²) in [6.07, 6.45) is 5.80. The number of hydrogen-bond donors (Lipinski definition) is 0. The van der Waals surface area contributed by atoms with E-state index in [0.717, 1.165) is 28.0 Å². The lowest BCUT2D eigenvalue weighted by Gasteiger charge is -2.02. The molecular formula is C18H12N4OS. The molecule has 0 radical (unpaired) electrons.